The molecule has 2 rings (SSSR count). The predicted octanol–water partition coefficient (Wildman–Crippen LogP) is 2.71. The highest BCUT2D eigenvalue weighted by atomic mass is 19.1. The fourth-order valence-electron chi connectivity index (χ4n) is 2.30. The lowest BCUT2D eigenvalue weighted by Gasteiger charge is -2.21. The molecule has 100 valence electrons. The maximum atomic E-state index is 15.1. The first-order chi connectivity index (χ1) is 8.91. The lowest BCUT2D eigenvalue weighted by molar-refractivity contribution is -0.142. The van der Waals surface area contributed by atoms with Crippen molar-refractivity contribution >= 4 is 17.8 Å². The monoisotopic (exact) mass is 262 g/mol. The maximum Gasteiger partial charge on any atom is 0.338 e. The van der Waals surface area contributed by atoms with Gasteiger partial charge in [0.25, 0.3) is 0 Å². The molecule has 3 nitrogen and oxygen atoms in total. The molecule has 1 aromatic rings. The van der Waals surface area contributed by atoms with Crippen molar-refractivity contribution in [2.24, 2.45) is 0 Å². The van der Waals surface area contributed by atoms with E-state index >= 15 is 4.39 Å². The van der Waals surface area contributed by atoms with Gasteiger partial charge >= 0.3 is 5.97 Å². The second-order valence-corrected chi connectivity index (χ2v) is 4.58. The molecule has 19 heavy (non-hydrogen) atoms. The summed E-state index contributed by atoms with van der Waals surface area (Å²) in [6.45, 7) is 4.78. The van der Waals surface area contributed by atoms with E-state index in [1.807, 2.05) is 6.92 Å². The van der Waals surface area contributed by atoms with Gasteiger partial charge in [-0.2, -0.15) is 0 Å². The molecule has 1 aliphatic carbocycles. The van der Waals surface area contributed by atoms with Crippen molar-refractivity contribution in [2.45, 2.75) is 26.4 Å². The van der Waals surface area contributed by atoms with Crippen LogP contribution >= 0.6 is 0 Å². The zero-order chi connectivity index (χ0) is 14.2. The van der Waals surface area contributed by atoms with Gasteiger partial charge in [-0.3, -0.25) is 4.79 Å². The molecule has 0 bridgehead atoms. The number of hydrogen-bond donors (Lipinski definition) is 0. The number of carbonyl (C=O) groups is 2. The third-order valence-electron chi connectivity index (χ3n) is 3.23. The molecule has 0 aromatic heterocycles. The zero-order valence-electron chi connectivity index (χ0n) is 11.1. The average molecular weight is 262 g/mol. The van der Waals surface area contributed by atoms with E-state index in [0.29, 0.717) is 5.56 Å². The first-order valence-electron chi connectivity index (χ1n) is 6.11. The summed E-state index contributed by atoms with van der Waals surface area (Å²) < 4.78 is 19.9. The molecular formula is C15H15FO3. The summed E-state index contributed by atoms with van der Waals surface area (Å²) in [5.74, 6) is -1.50. The molecule has 0 spiro atoms. The number of Topliss-reactive ketones (excluding diaryl/α,β-unsaturated/α-hetero) is 1. The van der Waals surface area contributed by atoms with Gasteiger partial charge in [0.15, 0.2) is 5.78 Å². The van der Waals surface area contributed by atoms with Gasteiger partial charge in [-0.1, -0.05) is 23.8 Å². The molecule has 0 aliphatic heterocycles. The Bertz CT molecular complexity index is 589. The van der Waals surface area contributed by atoms with Gasteiger partial charge in [0, 0.05) is 5.56 Å². The largest absolute Gasteiger partial charge is 0.463 e. The molecule has 1 aliphatic rings. The Morgan fingerprint density at radius 1 is 1.37 bits per heavy atom. The molecule has 0 N–H and O–H groups in total. The van der Waals surface area contributed by atoms with Crippen LogP contribution in [0.2, 0.25) is 0 Å². The van der Waals surface area contributed by atoms with Crippen molar-refractivity contribution in [2.75, 3.05) is 6.61 Å². The van der Waals surface area contributed by atoms with Gasteiger partial charge in [-0.05, 0) is 32.4 Å². The fraction of sp³-hybridized carbons (Fsp3) is 0.333. The Balaban J connectivity index is 2.59. The van der Waals surface area contributed by atoms with Crippen molar-refractivity contribution in [1.82, 2.24) is 0 Å². The molecule has 1 unspecified atom stereocenters. The second kappa shape index (κ2) is 4.61. The lowest BCUT2D eigenvalue weighted by Crippen LogP contribution is -2.33. The minimum Gasteiger partial charge on any atom is -0.463 e. The highest BCUT2D eigenvalue weighted by Crippen LogP contribution is 2.44. The lowest BCUT2D eigenvalue weighted by atomic mass is 9.88. The van der Waals surface area contributed by atoms with Crippen LogP contribution in [0.4, 0.5) is 4.39 Å². The van der Waals surface area contributed by atoms with Crippen LogP contribution < -0.4 is 0 Å². The SMILES string of the molecule is CCOC(=O)C1=Cc2cc(C)ccc2C1(F)C(C)=O. The van der Waals surface area contributed by atoms with Crippen LogP contribution in [-0.2, 0) is 20.0 Å². The molecule has 0 radical (unpaired) electrons. The Hall–Kier alpha value is -1.97. The molecule has 0 saturated heterocycles. The number of aryl methyl sites for hydroxylation is 1. The molecule has 0 fully saturated rings. The number of fused-ring (bicyclic) bond motifs is 1. The quantitative estimate of drug-likeness (QED) is 0.787. The van der Waals surface area contributed by atoms with E-state index in [9.17, 15) is 9.59 Å². The number of rotatable bonds is 3. The Labute approximate surface area is 111 Å². The van der Waals surface area contributed by atoms with E-state index in [1.54, 1.807) is 25.1 Å². The number of carbonyl (C=O) groups excluding carboxylic acids is 2. The van der Waals surface area contributed by atoms with E-state index in [-0.39, 0.29) is 17.7 Å². The van der Waals surface area contributed by atoms with Gasteiger partial charge in [0.1, 0.15) is 0 Å². The summed E-state index contributed by atoms with van der Waals surface area (Å²) in [6, 6.07) is 5.02. The van der Waals surface area contributed by atoms with Crippen LogP contribution in [0.25, 0.3) is 6.08 Å². The molecule has 1 atom stereocenters. The Morgan fingerprint density at radius 2 is 2.05 bits per heavy atom. The van der Waals surface area contributed by atoms with Crippen molar-refractivity contribution < 1.29 is 18.7 Å². The van der Waals surface area contributed by atoms with E-state index in [2.05, 4.69) is 0 Å². The first-order valence-corrected chi connectivity index (χ1v) is 6.11. The van der Waals surface area contributed by atoms with Gasteiger partial charge < -0.3 is 4.74 Å². The molecular weight excluding hydrogens is 247 g/mol. The second-order valence-electron chi connectivity index (χ2n) is 4.58. The third kappa shape index (κ3) is 1.97. The van der Waals surface area contributed by atoms with Crippen LogP contribution in [-0.4, -0.2) is 18.4 Å². The van der Waals surface area contributed by atoms with E-state index in [0.717, 1.165) is 12.5 Å². The number of alkyl halides is 1. The molecule has 0 heterocycles. The molecule has 0 saturated carbocycles. The van der Waals surface area contributed by atoms with Gasteiger partial charge in [0.05, 0.1) is 12.2 Å². The number of ketones is 1. The summed E-state index contributed by atoms with van der Waals surface area (Å²) in [4.78, 5) is 23.5. The van der Waals surface area contributed by atoms with Crippen LogP contribution in [0.15, 0.2) is 23.8 Å². The van der Waals surface area contributed by atoms with E-state index < -0.39 is 17.4 Å². The molecule has 0 amide bonds. The van der Waals surface area contributed by atoms with Crippen molar-refractivity contribution in [3.8, 4) is 0 Å². The number of hydrogen-bond acceptors (Lipinski definition) is 3. The van der Waals surface area contributed by atoms with Crippen LogP contribution in [0.3, 0.4) is 0 Å². The predicted molar refractivity (Wildman–Crippen MR) is 69.3 cm³/mol. The minimum absolute atomic E-state index is 0.138. The summed E-state index contributed by atoms with van der Waals surface area (Å²) in [5.41, 5.74) is -0.919. The third-order valence-corrected chi connectivity index (χ3v) is 3.23. The number of ether oxygens (including phenoxy) is 1. The molecule has 1 aromatic carbocycles. The van der Waals surface area contributed by atoms with Crippen LogP contribution in [0.5, 0.6) is 0 Å². The first kappa shape index (κ1) is 13.5. The number of esters is 1. The van der Waals surface area contributed by atoms with Gasteiger partial charge in [-0.15, -0.1) is 0 Å². The fourth-order valence-corrected chi connectivity index (χ4v) is 2.30. The maximum absolute atomic E-state index is 15.1. The number of benzene rings is 1. The van der Waals surface area contributed by atoms with Crippen LogP contribution in [0.1, 0.15) is 30.5 Å². The average Bonchev–Trinajstić information content (AvgIpc) is 2.64. The van der Waals surface area contributed by atoms with Crippen molar-refractivity contribution in [3.05, 3.63) is 40.5 Å². The van der Waals surface area contributed by atoms with Crippen LogP contribution in [0, 0.1) is 6.92 Å². The summed E-state index contributed by atoms with van der Waals surface area (Å²) in [6.07, 6.45) is 1.40. The smallest absolute Gasteiger partial charge is 0.338 e. The Kier molecular flexibility index (Phi) is 3.27. The number of halogens is 1. The van der Waals surface area contributed by atoms with E-state index in [4.69, 9.17) is 4.74 Å². The normalized spacial score (nSPS) is 20.7. The van der Waals surface area contributed by atoms with Gasteiger partial charge in [0.2, 0.25) is 5.67 Å². The standard InChI is InChI=1S/C15H15FO3/c1-4-19-14(18)13-8-11-7-9(2)5-6-12(11)15(13,16)10(3)17/h5-8H,4H2,1-3H3. The minimum atomic E-state index is -2.39. The highest BCUT2D eigenvalue weighted by Gasteiger charge is 2.50. The summed E-state index contributed by atoms with van der Waals surface area (Å²) in [7, 11) is 0. The summed E-state index contributed by atoms with van der Waals surface area (Å²) in [5, 5.41) is 0. The summed E-state index contributed by atoms with van der Waals surface area (Å²) >= 11 is 0. The van der Waals surface area contributed by atoms with Gasteiger partial charge in [-0.25, -0.2) is 9.18 Å². The van der Waals surface area contributed by atoms with E-state index in [1.165, 1.54) is 6.08 Å². The zero-order valence-corrected chi connectivity index (χ0v) is 11.1. The molecule has 4 heteroatoms. The van der Waals surface area contributed by atoms with Crippen molar-refractivity contribution in [1.29, 1.82) is 0 Å². The van der Waals surface area contributed by atoms with Crippen molar-refractivity contribution in [3.63, 3.8) is 0 Å². The Morgan fingerprint density at radius 3 is 2.63 bits per heavy atom. The highest BCUT2D eigenvalue weighted by molar-refractivity contribution is 6.09. The topological polar surface area (TPSA) is 43.4 Å².